The van der Waals surface area contributed by atoms with Gasteiger partial charge in [0.05, 0.1) is 0 Å². The highest BCUT2D eigenvalue weighted by atomic mass is 16.3. The third kappa shape index (κ3) is 4.10. The van der Waals surface area contributed by atoms with Gasteiger partial charge in [-0.1, -0.05) is 12.1 Å². The number of likely N-dealkylation sites (N-methyl/N-ethyl adjacent to an activating group) is 2. The van der Waals surface area contributed by atoms with Crippen LogP contribution < -0.4 is 0 Å². The Morgan fingerprint density at radius 2 is 0.964 bits per heavy atom. The predicted octanol–water partition coefficient (Wildman–Crippen LogP) is 1.75. The summed E-state index contributed by atoms with van der Waals surface area (Å²) in [5.41, 5.74) is 1.95. The van der Waals surface area contributed by atoms with E-state index < -0.39 is 0 Å². The number of benzene rings is 2. The van der Waals surface area contributed by atoms with Crippen molar-refractivity contribution in [2.24, 2.45) is 0 Å². The van der Waals surface area contributed by atoms with Crippen LogP contribution in [0.4, 0.5) is 0 Å². The molecule has 0 radical (unpaired) electrons. The van der Waals surface area contributed by atoms with Crippen LogP contribution in [0.5, 0.6) is 11.5 Å². The van der Waals surface area contributed by atoms with E-state index in [-0.39, 0.29) is 0 Å². The lowest BCUT2D eigenvalue weighted by atomic mass is 9.97. The van der Waals surface area contributed by atoms with Crippen molar-refractivity contribution >= 4 is 10.8 Å². The molecule has 2 aromatic carbocycles. The van der Waals surface area contributed by atoms with E-state index in [0.717, 1.165) is 87.3 Å². The average molecular weight is 385 g/mol. The van der Waals surface area contributed by atoms with Gasteiger partial charge < -0.3 is 20.0 Å². The summed E-state index contributed by atoms with van der Waals surface area (Å²) < 4.78 is 0. The standard InChI is InChI=1S/C22H32N4O2/c1-23-7-11-25(12-8-23)15-19-17-3-6-22(28)20(18(17)4-5-21(19)27)16-26-13-9-24(2)10-14-26/h3-6,27-28H,7-16H2,1-2H3. The third-order valence-corrected chi connectivity index (χ3v) is 6.33. The summed E-state index contributed by atoms with van der Waals surface area (Å²) in [5.74, 6) is 0.699. The highest BCUT2D eigenvalue weighted by Gasteiger charge is 2.20. The van der Waals surface area contributed by atoms with Gasteiger partial charge in [0.15, 0.2) is 0 Å². The normalized spacial score (nSPS) is 20.8. The Morgan fingerprint density at radius 3 is 1.32 bits per heavy atom. The molecule has 2 N–H and O–H groups in total. The van der Waals surface area contributed by atoms with Crippen molar-refractivity contribution in [1.82, 2.24) is 19.6 Å². The van der Waals surface area contributed by atoms with Crippen molar-refractivity contribution in [3.05, 3.63) is 35.4 Å². The first-order chi connectivity index (χ1) is 13.5. The molecule has 6 nitrogen and oxygen atoms in total. The first kappa shape index (κ1) is 19.5. The van der Waals surface area contributed by atoms with Crippen LogP contribution in [0.1, 0.15) is 11.1 Å². The number of fused-ring (bicyclic) bond motifs is 1. The predicted molar refractivity (Wildman–Crippen MR) is 113 cm³/mol. The summed E-state index contributed by atoms with van der Waals surface area (Å²) in [7, 11) is 4.31. The number of phenolic OH excluding ortho intramolecular Hbond substituents is 2. The zero-order chi connectivity index (χ0) is 19.7. The fourth-order valence-corrected chi connectivity index (χ4v) is 4.30. The SMILES string of the molecule is CN1CCN(Cc2c(O)ccc3c(CN4CCN(C)CC4)c(O)ccc23)CC1. The van der Waals surface area contributed by atoms with Gasteiger partial charge in [0, 0.05) is 76.6 Å². The summed E-state index contributed by atoms with van der Waals surface area (Å²) in [6.07, 6.45) is 0. The van der Waals surface area contributed by atoms with Crippen LogP contribution in [0.25, 0.3) is 10.8 Å². The highest BCUT2D eigenvalue weighted by Crippen LogP contribution is 2.35. The van der Waals surface area contributed by atoms with Gasteiger partial charge in [-0.05, 0) is 37.0 Å². The monoisotopic (exact) mass is 384 g/mol. The molecule has 0 unspecified atom stereocenters. The molecule has 0 atom stereocenters. The summed E-state index contributed by atoms with van der Waals surface area (Å²) in [6, 6.07) is 7.51. The van der Waals surface area contributed by atoms with Gasteiger partial charge in [-0.3, -0.25) is 9.80 Å². The molecule has 4 rings (SSSR count). The van der Waals surface area contributed by atoms with Gasteiger partial charge in [0.1, 0.15) is 11.5 Å². The Balaban J connectivity index is 1.63. The van der Waals surface area contributed by atoms with Gasteiger partial charge in [0.25, 0.3) is 0 Å². The van der Waals surface area contributed by atoms with Crippen molar-refractivity contribution in [3.8, 4) is 11.5 Å². The van der Waals surface area contributed by atoms with E-state index in [4.69, 9.17) is 0 Å². The molecule has 0 amide bonds. The Bertz CT molecular complexity index is 756. The van der Waals surface area contributed by atoms with E-state index in [1.54, 1.807) is 12.1 Å². The molecular formula is C22H32N4O2. The lowest BCUT2D eigenvalue weighted by Crippen LogP contribution is -2.44. The molecule has 2 aliphatic rings. The minimum absolute atomic E-state index is 0.350. The first-order valence-electron chi connectivity index (χ1n) is 10.3. The highest BCUT2D eigenvalue weighted by molar-refractivity contribution is 5.92. The van der Waals surface area contributed by atoms with Crippen LogP contribution in [0.2, 0.25) is 0 Å². The fourth-order valence-electron chi connectivity index (χ4n) is 4.30. The third-order valence-electron chi connectivity index (χ3n) is 6.33. The number of phenols is 2. The lowest BCUT2D eigenvalue weighted by molar-refractivity contribution is 0.147. The van der Waals surface area contributed by atoms with E-state index in [0.29, 0.717) is 11.5 Å². The van der Waals surface area contributed by atoms with Crippen molar-refractivity contribution in [1.29, 1.82) is 0 Å². The molecule has 2 aromatic rings. The van der Waals surface area contributed by atoms with Gasteiger partial charge in [-0.25, -0.2) is 0 Å². The van der Waals surface area contributed by atoms with E-state index >= 15 is 0 Å². The molecule has 2 aliphatic heterocycles. The van der Waals surface area contributed by atoms with Gasteiger partial charge in [-0.2, -0.15) is 0 Å². The first-order valence-corrected chi connectivity index (χ1v) is 10.3. The van der Waals surface area contributed by atoms with Crippen LogP contribution in [0.15, 0.2) is 24.3 Å². The molecule has 0 spiro atoms. The molecule has 2 fully saturated rings. The molecule has 0 aromatic heterocycles. The van der Waals surface area contributed by atoms with E-state index in [9.17, 15) is 10.2 Å². The maximum Gasteiger partial charge on any atom is 0.120 e. The Kier molecular flexibility index (Phi) is 5.73. The second-order valence-corrected chi connectivity index (χ2v) is 8.38. The number of hydrogen-bond donors (Lipinski definition) is 2. The number of hydrogen-bond acceptors (Lipinski definition) is 6. The molecule has 2 heterocycles. The molecular weight excluding hydrogens is 352 g/mol. The minimum Gasteiger partial charge on any atom is -0.508 e. The van der Waals surface area contributed by atoms with Crippen LogP contribution >= 0.6 is 0 Å². The second-order valence-electron chi connectivity index (χ2n) is 8.38. The second kappa shape index (κ2) is 8.25. The molecule has 0 aliphatic carbocycles. The Labute approximate surface area is 167 Å². The minimum atomic E-state index is 0.350. The summed E-state index contributed by atoms with van der Waals surface area (Å²) in [5, 5.41) is 23.3. The maximum atomic E-state index is 10.6. The van der Waals surface area contributed by atoms with Crippen LogP contribution in [0.3, 0.4) is 0 Å². The quantitative estimate of drug-likeness (QED) is 0.838. The van der Waals surface area contributed by atoms with Gasteiger partial charge in [0.2, 0.25) is 0 Å². The fraction of sp³-hybridized carbons (Fsp3) is 0.545. The molecule has 28 heavy (non-hydrogen) atoms. The van der Waals surface area contributed by atoms with Crippen molar-refractivity contribution in [2.75, 3.05) is 66.5 Å². The van der Waals surface area contributed by atoms with Crippen molar-refractivity contribution < 1.29 is 10.2 Å². The smallest absolute Gasteiger partial charge is 0.120 e. The van der Waals surface area contributed by atoms with Crippen molar-refractivity contribution in [2.45, 2.75) is 13.1 Å². The Hall–Kier alpha value is -1.86. The summed E-state index contributed by atoms with van der Waals surface area (Å²) in [6.45, 7) is 9.77. The van der Waals surface area contributed by atoms with Gasteiger partial charge in [-0.15, -0.1) is 0 Å². The largest absolute Gasteiger partial charge is 0.508 e. The number of nitrogens with zero attached hydrogens (tertiary/aromatic N) is 4. The van der Waals surface area contributed by atoms with E-state index in [2.05, 4.69) is 33.7 Å². The van der Waals surface area contributed by atoms with Crippen molar-refractivity contribution in [3.63, 3.8) is 0 Å². The number of aromatic hydroxyl groups is 2. The maximum absolute atomic E-state index is 10.6. The number of rotatable bonds is 4. The molecule has 0 bridgehead atoms. The Morgan fingerprint density at radius 1 is 0.607 bits per heavy atom. The van der Waals surface area contributed by atoms with Crippen LogP contribution in [-0.2, 0) is 13.1 Å². The zero-order valence-corrected chi connectivity index (χ0v) is 17.1. The number of piperazine rings is 2. The van der Waals surface area contributed by atoms with E-state index in [1.807, 2.05) is 12.1 Å². The lowest BCUT2D eigenvalue weighted by Gasteiger charge is -2.33. The van der Waals surface area contributed by atoms with Gasteiger partial charge >= 0.3 is 0 Å². The van der Waals surface area contributed by atoms with Crippen LogP contribution in [0, 0.1) is 0 Å². The average Bonchev–Trinajstić information content (AvgIpc) is 2.69. The zero-order valence-electron chi connectivity index (χ0n) is 17.1. The summed E-state index contributed by atoms with van der Waals surface area (Å²) >= 11 is 0. The van der Waals surface area contributed by atoms with Crippen LogP contribution in [-0.4, -0.2) is 96.3 Å². The molecule has 0 saturated carbocycles. The van der Waals surface area contributed by atoms with E-state index in [1.165, 1.54) is 0 Å². The summed E-state index contributed by atoms with van der Waals surface area (Å²) in [4.78, 5) is 9.49. The molecule has 6 heteroatoms. The topological polar surface area (TPSA) is 53.4 Å². The molecule has 2 saturated heterocycles. The molecule has 152 valence electrons.